The maximum absolute atomic E-state index is 11.7. The largest absolute Gasteiger partial charge is 0.481 e. The van der Waals surface area contributed by atoms with Crippen LogP contribution in [0.2, 0.25) is 0 Å². The number of aromatic nitrogens is 2. The average Bonchev–Trinajstić information content (AvgIpc) is 2.88. The number of nitrogens with zero attached hydrogens (tertiary/aromatic N) is 2. The van der Waals surface area contributed by atoms with E-state index < -0.39 is 27.5 Å². The summed E-state index contributed by atoms with van der Waals surface area (Å²) in [5, 5.41) is 21.8. The molecule has 1 atom stereocenters. The number of nitro groups is 1. The lowest BCUT2D eigenvalue weighted by molar-refractivity contribution is -0.384. The molecule has 5 N–H and O–H groups in total. The van der Waals surface area contributed by atoms with Gasteiger partial charge in [0.1, 0.15) is 5.50 Å². The minimum absolute atomic E-state index is 0.0213. The molecule has 0 fully saturated rings. The number of non-ortho nitro benzene ring substituents is 1. The number of carboxylic acids is 1. The Balaban J connectivity index is 2.11. The number of nitrogens with one attached hydrogen (secondary N) is 2. The van der Waals surface area contributed by atoms with Gasteiger partial charge in [-0.3, -0.25) is 24.5 Å². The molecule has 0 amide bonds. The van der Waals surface area contributed by atoms with Gasteiger partial charge >= 0.3 is 17.1 Å². The van der Waals surface area contributed by atoms with Crippen molar-refractivity contribution < 1.29 is 14.8 Å². The van der Waals surface area contributed by atoms with Gasteiger partial charge in [-0.05, 0) is 5.41 Å². The molecule has 136 valence electrons. The Hall–Kier alpha value is -3.12. The predicted molar refractivity (Wildman–Crippen MR) is 93.3 cm³/mol. The van der Waals surface area contributed by atoms with Crippen LogP contribution in [-0.2, 0) is 11.3 Å². The van der Waals surface area contributed by atoms with Crippen molar-refractivity contribution in [3.05, 3.63) is 59.6 Å². The van der Waals surface area contributed by atoms with Crippen LogP contribution < -0.4 is 16.9 Å². The first-order valence-electron chi connectivity index (χ1n) is 7.28. The van der Waals surface area contributed by atoms with Crippen molar-refractivity contribution in [1.82, 2.24) is 14.9 Å². The number of carbonyl (C=O) groups is 1. The molecule has 0 bridgehead atoms. The van der Waals surface area contributed by atoms with Crippen LogP contribution in [0.1, 0.15) is 12.0 Å². The zero-order valence-electron chi connectivity index (χ0n) is 13.1. The zero-order valence-corrected chi connectivity index (χ0v) is 13.9. The van der Waals surface area contributed by atoms with Gasteiger partial charge in [-0.25, -0.2) is 0 Å². The predicted octanol–water partition coefficient (Wildman–Crippen LogP) is 0.232. The molecule has 0 spiro atoms. The van der Waals surface area contributed by atoms with Crippen LogP contribution in [0.15, 0.2) is 32.8 Å². The fourth-order valence-electron chi connectivity index (χ4n) is 2.64. The Labute approximate surface area is 148 Å². The van der Waals surface area contributed by atoms with Crippen LogP contribution in [0, 0.1) is 10.1 Å². The second-order valence-electron chi connectivity index (χ2n) is 5.53. The van der Waals surface area contributed by atoms with Crippen molar-refractivity contribution in [2.45, 2.75) is 18.5 Å². The van der Waals surface area contributed by atoms with Crippen LogP contribution >= 0.6 is 11.8 Å². The van der Waals surface area contributed by atoms with Crippen molar-refractivity contribution in [2.24, 2.45) is 5.73 Å². The van der Waals surface area contributed by atoms with Crippen LogP contribution in [0.25, 0.3) is 11.0 Å². The van der Waals surface area contributed by atoms with Gasteiger partial charge in [0.25, 0.3) is 5.69 Å². The van der Waals surface area contributed by atoms with E-state index in [1.54, 1.807) is 10.3 Å². The van der Waals surface area contributed by atoms with Gasteiger partial charge in [-0.2, -0.15) is 0 Å². The monoisotopic (exact) mass is 379 g/mol. The Morgan fingerprint density at radius 1 is 1.35 bits per heavy atom. The van der Waals surface area contributed by atoms with E-state index in [9.17, 15) is 24.5 Å². The van der Waals surface area contributed by atoms with Gasteiger partial charge in [0.15, 0.2) is 0 Å². The van der Waals surface area contributed by atoms with Gasteiger partial charge in [0, 0.05) is 29.9 Å². The van der Waals surface area contributed by atoms with Crippen molar-refractivity contribution in [3.8, 4) is 0 Å². The fraction of sp³-hybridized carbons (Fsp3) is 0.214. The molecule has 1 unspecified atom stereocenters. The number of thioether (sulfide) groups is 1. The molecule has 1 aromatic heterocycles. The summed E-state index contributed by atoms with van der Waals surface area (Å²) in [5.74, 6) is -1.04. The van der Waals surface area contributed by atoms with E-state index in [0.29, 0.717) is 11.3 Å². The maximum atomic E-state index is 11.7. The van der Waals surface area contributed by atoms with Crippen molar-refractivity contribution in [2.75, 3.05) is 0 Å². The quantitative estimate of drug-likeness (QED) is 0.322. The summed E-state index contributed by atoms with van der Waals surface area (Å²) in [7, 11) is 0. The molecule has 1 aliphatic rings. The van der Waals surface area contributed by atoms with Crippen LogP contribution in [0.5, 0.6) is 0 Å². The molecule has 0 aliphatic carbocycles. The summed E-state index contributed by atoms with van der Waals surface area (Å²) in [5.41, 5.74) is 4.39. The summed E-state index contributed by atoms with van der Waals surface area (Å²) < 4.78 is 0. The van der Waals surface area contributed by atoms with Gasteiger partial charge in [-0.1, -0.05) is 11.8 Å². The van der Waals surface area contributed by atoms with Crippen molar-refractivity contribution in [1.29, 1.82) is 0 Å². The normalized spacial score (nSPS) is 16.7. The molecular weight excluding hydrogens is 366 g/mol. The van der Waals surface area contributed by atoms with Crippen molar-refractivity contribution >= 4 is 34.5 Å². The number of hydrogen-bond donors (Lipinski definition) is 4. The molecule has 0 saturated carbocycles. The third kappa shape index (κ3) is 3.32. The number of fused-ring (bicyclic) bond motifs is 1. The highest BCUT2D eigenvalue weighted by Crippen LogP contribution is 2.33. The molecule has 3 rings (SSSR count). The number of rotatable bonds is 5. The lowest BCUT2D eigenvalue weighted by atomic mass is 10.1. The number of nitro benzene ring substituents is 1. The van der Waals surface area contributed by atoms with E-state index in [2.05, 4.69) is 9.97 Å². The summed E-state index contributed by atoms with van der Waals surface area (Å²) in [6.07, 6.45) is -0.263. The topological polar surface area (TPSA) is 175 Å². The maximum Gasteiger partial charge on any atom is 0.314 e. The van der Waals surface area contributed by atoms with Gasteiger partial charge in [-0.15, -0.1) is 0 Å². The SMILES string of the molecule is NC1SC=C(CC(=O)O)N1Cc1cc([N+](=O)[O-])cc2[nH]c(=O)c(=O)[nH]c12. The Bertz CT molecular complexity index is 1060. The highest BCUT2D eigenvalue weighted by Gasteiger charge is 2.27. The van der Waals surface area contributed by atoms with Gasteiger partial charge < -0.3 is 25.7 Å². The number of nitrogens with two attached hydrogens (primary N) is 1. The molecule has 1 aromatic carbocycles. The standard InChI is InChI=1S/C14H13N5O6S/c15-14-18(8(5-26-14)3-10(20)21)4-6-1-7(19(24)25)2-9-11(6)17-13(23)12(22)16-9/h1-2,5,14H,3-4,15H2,(H,16,22)(H,17,23)(H,20,21). The number of carboxylic acid groups (broad SMARTS) is 1. The lowest BCUT2D eigenvalue weighted by Gasteiger charge is -2.26. The van der Waals surface area contributed by atoms with Crippen LogP contribution in [0.3, 0.4) is 0 Å². The minimum atomic E-state index is -1.04. The molecule has 12 heteroatoms. The van der Waals surface area contributed by atoms with E-state index in [0.717, 1.165) is 6.07 Å². The molecule has 11 nitrogen and oxygen atoms in total. The third-order valence-electron chi connectivity index (χ3n) is 3.80. The minimum Gasteiger partial charge on any atom is -0.481 e. The molecule has 1 aliphatic heterocycles. The summed E-state index contributed by atoms with van der Waals surface area (Å²) >= 11 is 1.21. The van der Waals surface area contributed by atoms with E-state index >= 15 is 0 Å². The first-order chi connectivity index (χ1) is 12.3. The first-order valence-corrected chi connectivity index (χ1v) is 8.22. The van der Waals surface area contributed by atoms with Crippen molar-refractivity contribution in [3.63, 3.8) is 0 Å². The summed E-state index contributed by atoms with van der Waals surface area (Å²) in [6.45, 7) is 0.0213. The van der Waals surface area contributed by atoms with Crippen LogP contribution in [0.4, 0.5) is 5.69 Å². The molecule has 2 heterocycles. The number of aromatic amines is 2. The Morgan fingerprint density at radius 3 is 2.69 bits per heavy atom. The number of hydrogen-bond acceptors (Lipinski definition) is 8. The smallest absolute Gasteiger partial charge is 0.314 e. The average molecular weight is 379 g/mol. The fourth-order valence-corrected chi connectivity index (χ4v) is 3.51. The van der Waals surface area contributed by atoms with Gasteiger partial charge in [0.2, 0.25) is 0 Å². The second kappa shape index (κ2) is 6.65. The molecule has 26 heavy (non-hydrogen) atoms. The van der Waals surface area contributed by atoms with E-state index in [-0.39, 0.29) is 29.7 Å². The Kier molecular flexibility index (Phi) is 4.52. The highest BCUT2D eigenvalue weighted by atomic mass is 32.2. The number of aliphatic carboxylic acids is 1. The summed E-state index contributed by atoms with van der Waals surface area (Å²) in [6, 6.07) is 2.40. The second-order valence-corrected chi connectivity index (χ2v) is 6.52. The number of H-pyrrole nitrogens is 2. The summed E-state index contributed by atoms with van der Waals surface area (Å²) in [4.78, 5) is 51.0. The van der Waals surface area contributed by atoms with Gasteiger partial charge in [0.05, 0.1) is 22.4 Å². The molecular formula is C14H13N5O6S. The number of benzene rings is 1. The lowest BCUT2D eigenvalue weighted by Crippen LogP contribution is -2.36. The highest BCUT2D eigenvalue weighted by molar-refractivity contribution is 8.02. The Morgan fingerprint density at radius 2 is 2.04 bits per heavy atom. The first kappa shape index (κ1) is 17.7. The van der Waals surface area contributed by atoms with Crippen LogP contribution in [-0.4, -0.2) is 36.4 Å². The molecule has 0 saturated heterocycles. The zero-order chi connectivity index (χ0) is 19.0. The van der Waals surface area contributed by atoms with E-state index in [1.165, 1.54) is 17.8 Å². The molecule has 0 radical (unpaired) electrons. The van der Waals surface area contributed by atoms with E-state index in [1.807, 2.05) is 0 Å². The molecule has 2 aromatic rings. The third-order valence-corrected chi connectivity index (χ3v) is 4.74. The van der Waals surface area contributed by atoms with E-state index in [4.69, 9.17) is 10.8 Å².